The molecule has 170 valence electrons. The molecule has 0 amide bonds. The van der Waals surface area contributed by atoms with Crippen LogP contribution >= 0.6 is 0 Å². The van der Waals surface area contributed by atoms with Crippen molar-refractivity contribution in [1.29, 1.82) is 0 Å². The normalized spacial score (nSPS) is 8.41. The predicted molar refractivity (Wildman–Crippen MR) is 117 cm³/mol. The number of esters is 4. The van der Waals surface area contributed by atoms with Crippen LogP contribution in [0.1, 0.15) is 53.4 Å². The second-order valence-electron chi connectivity index (χ2n) is 4.71. The molecule has 0 atom stereocenters. The Balaban J connectivity index is -0.000000120. The van der Waals surface area contributed by atoms with Gasteiger partial charge in [-0.15, -0.1) is 11.5 Å². The van der Waals surface area contributed by atoms with Gasteiger partial charge in [-0.3, -0.25) is 19.2 Å². The standard InChI is InChI=1S/2C8H14O4S.2CH4.Sn/c2*1-11-7(9)3-2-4-8(10)12-5-6-13;;;/h2*13H,2-6H2,1H3;2*1H4;/q;;;;+2/p-2. The average Bonchev–Trinajstić information content (AvgIpc) is 2.64. The predicted octanol–water partition coefficient (Wildman–Crippen LogP) is 1.73. The molecule has 0 bridgehead atoms. The zero-order chi connectivity index (χ0) is 20.2. The van der Waals surface area contributed by atoms with Crippen LogP contribution < -0.4 is 0 Å². The quantitative estimate of drug-likeness (QED) is 0.152. The molecule has 8 nitrogen and oxygen atoms in total. The molecule has 11 heteroatoms. The van der Waals surface area contributed by atoms with Crippen LogP contribution in [0.3, 0.4) is 0 Å². The van der Waals surface area contributed by atoms with Crippen LogP contribution in [-0.4, -0.2) is 86.7 Å². The molecule has 0 spiro atoms. The van der Waals surface area contributed by atoms with Gasteiger partial charge in [0.25, 0.3) is 0 Å². The molecule has 0 aromatic heterocycles. The van der Waals surface area contributed by atoms with Gasteiger partial charge in [0.15, 0.2) is 0 Å². The number of hydrogen-bond donors (Lipinski definition) is 0. The van der Waals surface area contributed by atoms with E-state index in [1.807, 2.05) is 0 Å². The first-order valence-corrected chi connectivity index (χ1v) is 9.17. The van der Waals surface area contributed by atoms with Gasteiger partial charge in [0, 0.05) is 25.7 Å². The van der Waals surface area contributed by atoms with Gasteiger partial charge in [0.1, 0.15) is 0 Å². The van der Waals surface area contributed by atoms with Gasteiger partial charge in [0.2, 0.25) is 0 Å². The number of carbonyl (C=O) groups is 4. The Kier molecular flexibility index (Phi) is 39.7. The average molecular weight is 561 g/mol. The van der Waals surface area contributed by atoms with E-state index in [2.05, 4.69) is 34.7 Å². The first-order valence-electron chi connectivity index (χ1n) is 8.02. The third-order valence-electron chi connectivity index (χ3n) is 2.67. The summed E-state index contributed by atoms with van der Waals surface area (Å²) < 4.78 is 18.2. The number of rotatable bonds is 12. The smallest absolute Gasteiger partial charge is 0.789 e. The summed E-state index contributed by atoms with van der Waals surface area (Å²) in [6.45, 7) is 0.540. The maximum absolute atomic E-state index is 10.9. The first kappa shape index (κ1) is 38.9. The van der Waals surface area contributed by atoms with Crippen molar-refractivity contribution in [3.8, 4) is 0 Å². The van der Waals surface area contributed by atoms with Gasteiger partial charge < -0.3 is 44.2 Å². The molecular weight excluding hydrogens is 527 g/mol. The second-order valence-corrected chi connectivity index (χ2v) is 5.53. The molecule has 0 aromatic rings. The van der Waals surface area contributed by atoms with E-state index in [1.165, 1.54) is 14.2 Å². The summed E-state index contributed by atoms with van der Waals surface area (Å²) in [5.74, 6) is -0.430. The summed E-state index contributed by atoms with van der Waals surface area (Å²) in [6.07, 6.45) is 1.90. The molecule has 2 radical (unpaired) electrons. The Labute approximate surface area is 202 Å². The fraction of sp³-hybridized carbons (Fsp3) is 0.778. The number of methoxy groups -OCH3 is 2. The number of hydrogen-bond acceptors (Lipinski definition) is 10. The van der Waals surface area contributed by atoms with Crippen LogP contribution in [0.15, 0.2) is 0 Å². The van der Waals surface area contributed by atoms with Crippen LogP contribution in [0.25, 0.3) is 0 Å². The summed E-state index contributed by atoms with van der Waals surface area (Å²) in [5, 5.41) is 0. The number of ether oxygens (including phenoxy) is 4. The Morgan fingerprint density at radius 1 is 0.621 bits per heavy atom. The molecule has 0 heterocycles. The maximum atomic E-state index is 10.9. The molecule has 0 aliphatic rings. The molecule has 0 aromatic carbocycles. The summed E-state index contributed by atoms with van der Waals surface area (Å²) in [7, 11) is 2.63. The molecule has 0 rings (SSSR count). The molecule has 0 saturated heterocycles. The molecule has 0 unspecified atom stereocenters. The third kappa shape index (κ3) is 32.3. The number of carbonyl (C=O) groups excluding carboxylic acids is 4. The minimum absolute atomic E-state index is 0. The zero-order valence-electron chi connectivity index (χ0n) is 15.7. The van der Waals surface area contributed by atoms with Crippen LogP contribution in [0, 0.1) is 0 Å². The SMILES string of the molecule is C.C.COC(=O)CCCC(=O)OCC[S-].COC(=O)CCCC(=O)OCC[S-].[Sn+2]. The van der Waals surface area contributed by atoms with Gasteiger partial charge in [-0.25, -0.2) is 0 Å². The van der Waals surface area contributed by atoms with E-state index in [0.717, 1.165) is 0 Å². The molecule has 0 aliphatic carbocycles. The van der Waals surface area contributed by atoms with Gasteiger partial charge >= 0.3 is 47.8 Å². The summed E-state index contributed by atoms with van der Waals surface area (Å²) in [6, 6.07) is 0. The van der Waals surface area contributed by atoms with Crippen molar-refractivity contribution in [3.05, 3.63) is 0 Å². The van der Waals surface area contributed by atoms with Gasteiger partial charge in [-0.2, -0.15) is 0 Å². The van der Waals surface area contributed by atoms with E-state index in [-0.39, 0.29) is 102 Å². The van der Waals surface area contributed by atoms with Crippen molar-refractivity contribution >= 4 is 73.0 Å². The van der Waals surface area contributed by atoms with Crippen LogP contribution in [0.4, 0.5) is 0 Å². The van der Waals surface area contributed by atoms with Crippen LogP contribution in [0.5, 0.6) is 0 Å². The van der Waals surface area contributed by atoms with Gasteiger partial charge in [-0.1, -0.05) is 14.9 Å². The van der Waals surface area contributed by atoms with E-state index in [1.54, 1.807) is 0 Å². The van der Waals surface area contributed by atoms with Gasteiger partial charge in [0.05, 0.1) is 27.4 Å². The van der Waals surface area contributed by atoms with E-state index in [9.17, 15) is 19.2 Å². The Morgan fingerprint density at radius 3 is 1.14 bits per heavy atom. The van der Waals surface area contributed by atoms with Crippen LogP contribution in [-0.2, 0) is 63.4 Å². The largest absolute Gasteiger partial charge is 2.00 e. The van der Waals surface area contributed by atoms with Crippen molar-refractivity contribution in [2.24, 2.45) is 0 Å². The third-order valence-corrected chi connectivity index (χ3v) is 3.01. The van der Waals surface area contributed by atoms with E-state index in [4.69, 9.17) is 9.47 Å². The van der Waals surface area contributed by atoms with Crippen molar-refractivity contribution in [2.75, 3.05) is 38.9 Å². The molecule has 29 heavy (non-hydrogen) atoms. The van der Waals surface area contributed by atoms with Gasteiger partial charge in [-0.05, 0) is 12.8 Å². The van der Waals surface area contributed by atoms with E-state index < -0.39 is 0 Å². The molecule has 0 N–H and O–H groups in total. The minimum atomic E-state index is -0.311. The van der Waals surface area contributed by atoms with E-state index >= 15 is 0 Å². The first-order chi connectivity index (χ1) is 12.4. The summed E-state index contributed by atoms with van der Waals surface area (Å²) in [4.78, 5) is 42.9. The van der Waals surface area contributed by atoms with Crippen molar-refractivity contribution in [2.45, 2.75) is 53.4 Å². The van der Waals surface area contributed by atoms with Crippen molar-refractivity contribution < 1.29 is 38.1 Å². The monoisotopic (exact) mass is 562 g/mol. The molecule has 0 aliphatic heterocycles. The Morgan fingerprint density at radius 2 is 0.897 bits per heavy atom. The fourth-order valence-corrected chi connectivity index (χ4v) is 1.58. The topological polar surface area (TPSA) is 105 Å². The maximum Gasteiger partial charge on any atom is 2.00 e. The Hall–Kier alpha value is -0.621. The molecule has 0 saturated carbocycles. The molecular formula is C18H34O8S2Sn. The van der Waals surface area contributed by atoms with Crippen LogP contribution in [0.2, 0.25) is 0 Å². The van der Waals surface area contributed by atoms with Crippen molar-refractivity contribution in [1.82, 2.24) is 0 Å². The molecule has 0 fully saturated rings. The summed E-state index contributed by atoms with van der Waals surface area (Å²) >= 11 is 9.18. The fourth-order valence-electron chi connectivity index (χ4n) is 1.41. The van der Waals surface area contributed by atoms with Crippen molar-refractivity contribution in [3.63, 3.8) is 0 Å². The minimum Gasteiger partial charge on any atom is -0.789 e. The Bertz CT molecular complexity index is 385. The van der Waals surface area contributed by atoms with E-state index in [0.29, 0.717) is 24.3 Å². The zero-order valence-corrected chi connectivity index (χ0v) is 20.1. The second kappa shape index (κ2) is 29.6. The summed E-state index contributed by atoms with van der Waals surface area (Å²) in [5.41, 5.74) is 0.